The SMILES string of the molecule is O=C(O)N1CCC(Nc2cnc3ncccc3c2)C1. The summed E-state index contributed by atoms with van der Waals surface area (Å²) in [5.74, 6) is 0. The molecule has 0 spiro atoms. The number of amides is 1. The molecule has 98 valence electrons. The molecule has 3 rings (SSSR count). The van der Waals surface area contributed by atoms with Crippen LogP contribution in [-0.2, 0) is 0 Å². The van der Waals surface area contributed by atoms with Crippen LogP contribution in [0.15, 0.2) is 30.6 Å². The molecule has 0 radical (unpaired) electrons. The standard InChI is InChI=1S/C13H14N4O2/c18-13(19)17-5-3-10(8-17)16-11-6-9-2-1-4-14-12(9)15-7-11/h1-2,4,6-7,10,16H,3,5,8H2,(H,18,19). The van der Waals surface area contributed by atoms with E-state index in [1.54, 1.807) is 12.4 Å². The third-order valence-electron chi connectivity index (χ3n) is 3.28. The Morgan fingerprint density at radius 1 is 1.47 bits per heavy atom. The monoisotopic (exact) mass is 258 g/mol. The third-order valence-corrected chi connectivity index (χ3v) is 3.28. The van der Waals surface area contributed by atoms with Gasteiger partial charge in [0.15, 0.2) is 5.65 Å². The van der Waals surface area contributed by atoms with Gasteiger partial charge >= 0.3 is 6.09 Å². The summed E-state index contributed by atoms with van der Waals surface area (Å²) >= 11 is 0. The lowest BCUT2D eigenvalue weighted by molar-refractivity contribution is 0.155. The van der Waals surface area contributed by atoms with Gasteiger partial charge in [-0.05, 0) is 24.6 Å². The van der Waals surface area contributed by atoms with Crippen LogP contribution in [0, 0.1) is 0 Å². The van der Waals surface area contributed by atoms with Gasteiger partial charge in [0, 0.05) is 30.7 Å². The van der Waals surface area contributed by atoms with Crippen LogP contribution in [0.1, 0.15) is 6.42 Å². The lowest BCUT2D eigenvalue weighted by Crippen LogP contribution is -2.30. The van der Waals surface area contributed by atoms with E-state index >= 15 is 0 Å². The van der Waals surface area contributed by atoms with E-state index in [1.807, 2.05) is 18.2 Å². The van der Waals surface area contributed by atoms with Gasteiger partial charge < -0.3 is 15.3 Å². The summed E-state index contributed by atoms with van der Waals surface area (Å²) in [6.07, 6.45) is 3.41. The van der Waals surface area contributed by atoms with E-state index in [0.29, 0.717) is 18.7 Å². The number of hydrogen-bond acceptors (Lipinski definition) is 4. The molecular formula is C13H14N4O2. The zero-order valence-corrected chi connectivity index (χ0v) is 10.3. The number of anilines is 1. The van der Waals surface area contributed by atoms with Crippen molar-refractivity contribution in [1.29, 1.82) is 0 Å². The van der Waals surface area contributed by atoms with Gasteiger partial charge in [-0.15, -0.1) is 0 Å². The predicted molar refractivity (Wildman–Crippen MR) is 71.2 cm³/mol. The summed E-state index contributed by atoms with van der Waals surface area (Å²) in [4.78, 5) is 20.7. The second-order valence-corrected chi connectivity index (χ2v) is 4.63. The smallest absolute Gasteiger partial charge is 0.407 e. The van der Waals surface area contributed by atoms with Gasteiger partial charge in [0.1, 0.15) is 0 Å². The van der Waals surface area contributed by atoms with Crippen LogP contribution in [0.2, 0.25) is 0 Å². The molecule has 6 nitrogen and oxygen atoms in total. The molecule has 0 aliphatic carbocycles. The second kappa shape index (κ2) is 4.72. The Bertz CT molecular complexity index is 616. The van der Waals surface area contributed by atoms with Gasteiger partial charge in [0.05, 0.1) is 11.9 Å². The fourth-order valence-corrected chi connectivity index (χ4v) is 2.33. The van der Waals surface area contributed by atoms with Gasteiger partial charge in [-0.2, -0.15) is 0 Å². The first kappa shape index (κ1) is 11.7. The molecule has 2 aromatic rings. The van der Waals surface area contributed by atoms with Crippen LogP contribution < -0.4 is 5.32 Å². The van der Waals surface area contributed by atoms with Gasteiger partial charge in [0.2, 0.25) is 0 Å². The van der Waals surface area contributed by atoms with Gasteiger partial charge in [-0.3, -0.25) is 0 Å². The van der Waals surface area contributed by atoms with E-state index in [2.05, 4.69) is 15.3 Å². The Balaban J connectivity index is 1.73. The lowest BCUT2D eigenvalue weighted by Gasteiger charge is -2.15. The van der Waals surface area contributed by atoms with E-state index in [0.717, 1.165) is 17.5 Å². The van der Waals surface area contributed by atoms with Crippen molar-refractivity contribution in [3.8, 4) is 0 Å². The Labute approximate surface area is 110 Å². The van der Waals surface area contributed by atoms with Crippen LogP contribution >= 0.6 is 0 Å². The summed E-state index contributed by atoms with van der Waals surface area (Å²) in [5.41, 5.74) is 1.62. The number of nitrogens with zero attached hydrogens (tertiary/aromatic N) is 3. The molecule has 1 atom stereocenters. The molecular weight excluding hydrogens is 244 g/mol. The number of carbonyl (C=O) groups is 1. The maximum absolute atomic E-state index is 10.9. The van der Waals surface area contributed by atoms with Crippen LogP contribution in [0.5, 0.6) is 0 Å². The van der Waals surface area contributed by atoms with E-state index in [-0.39, 0.29) is 6.04 Å². The highest BCUT2D eigenvalue weighted by molar-refractivity contribution is 5.78. The van der Waals surface area contributed by atoms with Crippen molar-refractivity contribution >= 4 is 22.8 Å². The molecule has 0 saturated carbocycles. The van der Waals surface area contributed by atoms with E-state index in [9.17, 15) is 4.79 Å². The van der Waals surface area contributed by atoms with Gasteiger partial charge in [0.25, 0.3) is 0 Å². The molecule has 19 heavy (non-hydrogen) atoms. The van der Waals surface area contributed by atoms with Crippen molar-refractivity contribution in [2.75, 3.05) is 18.4 Å². The summed E-state index contributed by atoms with van der Waals surface area (Å²) in [6.45, 7) is 1.09. The largest absolute Gasteiger partial charge is 0.465 e. The van der Waals surface area contributed by atoms with Crippen LogP contribution in [0.25, 0.3) is 11.0 Å². The van der Waals surface area contributed by atoms with Crippen molar-refractivity contribution in [2.24, 2.45) is 0 Å². The molecule has 0 bridgehead atoms. The quantitative estimate of drug-likeness (QED) is 0.858. The molecule has 1 saturated heterocycles. The van der Waals surface area contributed by atoms with Crippen molar-refractivity contribution in [3.05, 3.63) is 30.6 Å². The molecule has 1 aliphatic rings. The molecule has 1 aliphatic heterocycles. The maximum Gasteiger partial charge on any atom is 0.407 e. The van der Waals surface area contributed by atoms with Crippen molar-refractivity contribution in [3.63, 3.8) is 0 Å². The fourth-order valence-electron chi connectivity index (χ4n) is 2.33. The number of hydrogen-bond donors (Lipinski definition) is 2. The highest BCUT2D eigenvalue weighted by atomic mass is 16.4. The average molecular weight is 258 g/mol. The lowest BCUT2D eigenvalue weighted by atomic mass is 10.2. The first-order valence-electron chi connectivity index (χ1n) is 6.17. The number of nitrogens with one attached hydrogen (secondary N) is 1. The highest BCUT2D eigenvalue weighted by Crippen LogP contribution is 2.18. The number of fused-ring (bicyclic) bond motifs is 1. The second-order valence-electron chi connectivity index (χ2n) is 4.63. The molecule has 6 heteroatoms. The molecule has 2 aromatic heterocycles. The van der Waals surface area contributed by atoms with E-state index in [1.165, 1.54) is 4.90 Å². The Hall–Kier alpha value is -2.37. The molecule has 1 fully saturated rings. The normalized spacial score (nSPS) is 18.7. The third kappa shape index (κ3) is 2.42. The minimum atomic E-state index is -0.856. The zero-order chi connectivity index (χ0) is 13.2. The minimum Gasteiger partial charge on any atom is -0.465 e. The molecule has 0 aromatic carbocycles. The van der Waals surface area contributed by atoms with E-state index < -0.39 is 6.09 Å². The van der Waals surface area contributed by atoms with Crippen LogP contribution in [0.3, 0.4) is 0 Å². The van der Waals surface area contributed by atoms with Gasteiger partial charge in [-0.1, -0.05) is 0 Å². The van der Waals surface area contributed by atoms with Gasteiger partial charge in [-0.25, -0.2) is 14.8 Å². The van der Waals surface area contributed by atoms with E-state index in [4.69, 9.17) is 5.11 Å². The minimum absolute atomic E-state index is 0.145. The fraction of sp³-hybridized carbons (Fsp3) is 0.308. The Morgan fingerprint density at radius 2 is 2.37 bits per heavy atom. The summed E-state index contributed by atoms with van der Waals surface area (Å²) < 4.78 is 0. The first-order valence-corrected chi connectivity index (χ1v) is 6.17. The van der Waals surface area contributed by atoms with Crippen molar-refractivity contribution in [1.82, 2.24) is 14.9 Å². The summed E-state index contributed by atoms with van der Waals surface area (Å²) in [5, 5.41) is 13.2. The molecule has 1 amide bonds. The number of carboxylic acid groups (broad SMARTS) is 1. The summed E-state index contributed by atoms with van der Waals surface area (Å²) in [6, 6.07) is 5.96. The molecule has 3 heterocycles. The Kier molecular flexibility index (Phi) is 2.91. The van der Waals surface area contributed by atoms with Crippen molar-refractivity contribution in [2.45, 2.75) is 12.5 Å². The molecule has 2 N–H and O–H groups in total. The van der Waals surface area contributed by atoms with Crippen LogP contribution in [-0.4, -0.2) is 45.2 Å². The Morgan fingerprint density at radius 3 is 3.16 bits per heavy atom. The highest BCUT2D eigenvalue weighted by Gasteiger charge is 2.25. The zero-order valence-electron chi connectivity index (χ0n) is 10.3. The predicted octanol–water partition coefficient (Wildman–Crippen LogP) is 1.79. The summed E-state index contributed by atoms with van der Waals surface area (Å²) in [7, 11) is 0. The first-order chi connectivity index (χ1) is 9.22. The van der Waals surface area contributed by atoms with Crippen LogP contribution in [0.4, 0.5) is 10.5 Å². The molecule has 1 unspecified atom stereocenters. The topological polar surface area (TPSA) is 78.4 Å². The number of likely N-dealkylation sites (tertiary alicyclic amines) is 1. The number of aromatic nitrogens is 2. The average Bonchev–Trinajstić information content (AvgIpc) is 2.87. The number of rotatable bonds is 2. The van der Waals surface area contributed by atoms with Crippen molar-refractivity contribution < 1.29 is 9.90 Å². The maximum atomic E-state index is 10.9. The number of pyridine rings is 2.